The van der Waals surface area contributed by atoms with Gasteiger partial charge in [-0.1, -0.05) is 13.3 Å². The van der Waals surface area contributed by atoms with E-state index in [1.807, 2.05) is 6.92 Å². The molecule has 18 heavy (non-hydrogen) atoms. The van der Waals surface area contributed by atoms with Crippen LogP contribution in [0.1, 0.15) is 32.6 Å². The van der Waals surface area contributed by atoms with Crippen LogP contribution in [0, 0.1) is 0 Å². The molecule has 0 aliphatic heterocycles. The summed E-state index contributed by atoms with van der Waals surface area (Å²) in [6.07, 6.45) is 1.12. The molecule has 0 spiro atoms. The number of ether oxygens (including phenoxy) is 1. The maximum atomic E-state index is 11.5. The third kappa shape index (κ3) is 6.19. The van der Waals surface area contributed by atoms with E-state index in [1.54, 1.807) is 0 Å². The number of carboxylic acids is 1. The topological polar surface area (TPSA) is 119 Å². The number of hydrogen-bond acceptors (Lipinski definition) is 5. The van der Waals surface area contributed by atoms with Crippen LogP contribution in [0.5, 0.6) is 0 Å². The lowest BCUT2D eigenvalue weighted by molar-refractivity contribution is -0.144. The molecular weight excluding hydrogens is 240 g/mol. The van der Waals surface area contributed by atoms with Gasteiger partial charge in [-0.15, -0.1) is 0 Å². The summed E-state index contributed by atoms with van der Waals surface area (Å²) >= 11 is 0. The van der Waals surface area contributed by atoms with Gasteiger partial charge in [0.25, 0.3) is 0 Å². The summed E-state index contributed by atoms with van der Waals surface area (Å²) < 4.78 is 4.40. The molecule has 0 aliphatic carbocycles. The number of carboxylic acid groups (broad SMARTS) is 1. The van der Waals surface area contributed by atoms with Gasteiger partial charge in [0.15, 0.2) is 0 Å². The fraction of sp³-hybridized carbons (Fsp3) is 0.727. The molecule has 0 bridgehead atoms. The van der Waals surface area contributed by atoms with E-state index in [1.165, 1.54) is 7.11 Å². The zero-order chi connectivity index (χ0) is 14.1. The van der Waals surface area contributed by atoms with Gasteiger partial charge in [0.2, 0.25) is 5.91 Å². The van der Waals surface area contributed by atoms with Crippen molar-refractivity contribution in [1.82, 2.24) is 5.32 Å². The van der Waals surface area contributed by atoms with Gasteiger partial charge in [-0.25, -0.2) is 4.79 Å². The van der Waals surface area contributed by atoms with Crippen molar-refractivity contribution in [3.05, 3.63) is 0 Å². The summed E-state index contributed by atoms with van der Waals surface area (Å²) in [5.74, 6) is -2.24. The highest BCUT2D eigenvalue weighted by Crippen LogP contribution is 2.01. The molecule has 104 valence electrons. The predicted octanol–water partition coefficient (Wildman–Crippen LogP) is -0.364. The minimum absolute atomic E-state index is 0.0212. The van der Waals surface area contributed by atoms with Crippen LogP contribution in [-0.2, 0) is 19.1 Å². The number of aliphatic carboxylic acids is 1. The number of carbonyl (C=O) groups is 3. The fourth-order valence-electron chi connectivity index (χ4n) is 1.34. The molecule has 0 aromatic heterocycles. The molecule has 0 aliphatic rings. The molecule has 4 N–H and O–H groups in total. The molecule has 0 radical (unpaired) electrons. The molecule has 2 atom stereocenters. The molecule has 0 fully saturated rings. The standard InChI is InChI=1S/C11H20N2O5/c1-3-4-7(12)10(15)13-8(11(16)17)5-6-9(14)18-2/h7-8H,3-6,12H2,1-2H3,(H,13,15)(H,16,17)/t7?,8-/m1/s1. The van der Waals surface area contributed by atoms with Crippen molar-refractivity contribution in [2.75, 3.05) is 7.11 Å². The molecule has 0 aromatic carbocycles. The summed E-state index contributed by atoms with van der Waals surface area (Å²) in [6, 6.07) is -1.85. The van der Waals surface area contributed by atoms with E-state index >= 15 is 0 Å². The van der Waals surface area contributed by atoms with E-state index in [4.69, 9.17) is 10.8 Å². The molecule has 0 saturated heterocycles. The molecule has 1 unspecified atom stereocenters. The highest BCUT2D eigenvalue weighted by molar-refractivity contribution is 5.87. The highest BCUT2D eigenvalue weighted by Gasteiger charge is 2.23. The van der Waals surface area contributed by atoms with Crippen LogP contribution < -0.4 is 11.1 Å². The minimum Gasteiger partial charge on any atom is -0.480 e. The third-order valence-corrected chi connectivity index (χ3v) is 2.42. The first kappa shape index (κ1) is 16.4. The molecular formula is C11H20N2O5. The van der Waals surface area contributed by atoms with E-state index in [-0.39, 0.29) is 12.8 Å². The van der Waals surface area contributed by atoms with E-state index < -0.39 is 29.9 Å². The van der Waals surface area contributed by atoms with Crippen molar-refractivity contribution < 1.29 is 24.2 Å². The Morgan fingerprint density at radius 2 is 1.94 bits per heavy atom. The van der Waals surface area contributed by atoms with E-state index in [2.05, 4.69) is 10.1 Å². The largest absolute Gasteiger partial charge is 0.480 e. The second kappa shape index (κ2) is 8.46. The molecule has 7 heteroatoms. The summed E-state index contributed by atoms with van der Waals surface area (Å²) in [5, 5.41) is 11.2. The Labute approximate surface area is 106 Å². The Balaban J connectivity index is 4.31. The molecule has 1 amide bonds. The second-order valence-electron chi connectivity index (χ2n) is 3.91. The highest BCUT2D eigenvalue weighted by atomic mass is 16.5. The van der Waals surface area contributed by atoms with Crippen molar-refractivity contribution in [3.63, 3.8) is 0 Å². The Morgan fingerprint density at radius 3 is 2.39 bits per heavy atom. The number of nitrogens with two attached hydrogens (primary N) is 1. The van der Waals surface area contributed by atoms with Crippen LogP contribution in [0.4, 0.5) is 0 Å². The minimum atomic E-state index is -1.20. The van der Waals surface area contributed by atoms with Gasteiger partial charge in [-0.3, -0.25) is 9.59 Å². The fourth-order valence-corrected chi connectivity index (χ4v) is 1.34. The predicted molar refractivity (Wildman–Crippen MR) is 63.7 cm³/mol. The number of methoxy groups -OCH3 is 1. The monoisotopic (exact) mass is 260 g/mol. The van der Waals surface area contributed by atoms with Crippen molar-refractivity contribution in [1.29, 1.82) is 0 Å². The lowest BCUT2D eigenvalue weighted by atomic mass is 10.1. The van der Waals surface area contributed by atoms with Crippen molar-refractivity contribution in [2.24, 2.45) is 5.73 Å². The quantitative estimate of drug-likeness (QED) is 0.513. The van der Waals surface area contributed by atoms with Gasteiger partial charge < -0.3 is 20.9 Å². The molecule has 7 nitrogen and oxygen atoms in total. The third-order valence-electron chi connectivity index (χ3n) is 2.42. The Morgan fingerprint density at radius 1 is 1.33 bits per heavy atom. The Kier molecular flexibility index (Phi) is 7.69. The molecule has 0 aromatic rings. The van der Waals surface area contributed by atoms with E-state index in [0.29, 0.717) is 6.42 Å². The van der Waals surface area contributed by atoms with Crippen LogP contribution in [0.25, 0.3) is 0 Å². The summed E-state index contributed by atoms with van der Waals surface area (Å²) in [4.78, 5) is 33.4. The normalized spacial score (nSPS) is 13.5. The average Bonchev–Trinajstić information content (AvgIpc) is 2.33. The Hall–Kier alpha value is -1.63. The average molecular weight is 260 g/mol. The van der Waals surface area contributed by atoms with Gasteiger partial charge in [-0.2, -0.15) is 0 Å². The van der Waals surface area contributed by atoms with Crippen LogP contribution in [-0.4, -0.2) is 42.1 Å². The van der Waals surface area contributed by atoms with Crippen molar-refractivity contribution >= 4 is 17.8 Å². The second-order valence-corrected chi connectivity index (χ2v) is 3.91. The van der Waals surface area contributed by atoms with Gasteiger partial charge >= 0.3 is 11.9 Å². The summed E-state index contributed by atoms with van der Waals surface area (Å²) in [7, 11) is 1.22. The zero-order valence-corrected chi connectivity index (χ0v) is 10.6. The first-order valence-electron chi connectivity index (χ1n) is 5.77. The van der Waals surface area contributed by atoms with Gasteiger partial charge in [-0.05, 0) is 12.8 Å². The first-order chi connectivity index (χ1) is 8.42. The molecule has 0 heterocycles. The summed E-state index contributed by atoms with van der Waals surface area (Å²) in [5.41, 5.74) is 5.56. The number of carbonyl (C=O) groups excluding carboxylic acids is 2. The van der Waals surface area contributed by atoms with Crippen molar-refractivity contribution in [2.45, 2.75) is 44.7 Å². The number of nitrogens with one attached hydrogen (secondary N) is 1. The van der Waals surface area contributed by atoms with Crippen LogP contribution in [0.2, 0.25) is 0 Å². The van der Waals surface area contributed by atoms with Gasteiger partial charge in [0.05, 0.1) is 13.2 Å². The Bertz CT molecular complexity index is 306. The van der Waals surface area contributed by atoms with Crippen LogP contribution in [0.15, 0.2) is 0 Å². The SMILES string of the molecule is CCCC(N)C(=O)N[C@H](CCC(=O)OC)C(=O)O. The van der Waals surface area contributed by atoms with Gasteiger partial charge in [0.1, 0.15) is 6.04 Å². The number of esters is 1. The lowest BCUT2D eigenvalue weighted by Crippen LogP contribution is -2.48. The maximum Gasteiger partial charge on any atom is 0.326 e. The molecule has 0 saturated carbocycles. The van der Waals surface area contributed by atoms with Crippen LogP contribution >= 0.6 is 0 Å². The van der Waals surface area contributed by atoms with Gasteiger partial charge in [0, 0.05) is 6.42 Å². The summed E-state index contributed by atoms with van der Waals surface area (Å²) in [6.45, 7) is 1.87. The van der Waals surface area contributed by atoms with Crippen molar-refractivity contribution in [3.8, 4) is 0 Å². The molecule has 0 rings (SSSR count). The number of amides is 1. The number of hydrogen-bond donors (Lipinski definition) is 3. The zero-order valence-electron chi connectivity index (χ0n) is 10.6. The van der Waals surface area contributed by atoms with E-state index in [0.717, 1.165) is 6.42 Å². The maximum absolute atomic E-state index is 11.5. The number of rotatable bonds is 8. The van der Waals surface area contributed by atoms with E-state index in [9.17, 15) is 14.4 Å². The smallest absolute Gasteiger partial charge is 0.326 e. The first-order valence-corrected chi connectivity index (χ1v) is 5.77. The lowest BCUT2D eigenvalue weighted by Gasteiger charge is -2.17. The van der Waals surface area contributed by atoms with Crippen LogP contribution in [0.3, 0.4) is 0 Å².